The molecule has 0 saturated carbocycles. The first-order valence-electron chi connectivity index (χ1n) is 8.11. The van der Waals surface area contributed by atoms with Crippen molar-refractivity contribution in [3.05, 3.63) is 46.8 Å². The minimum Gasteiger partial charge on any atom is -0.456 e. The second-order valence-corrected chi connectivity index (χ2v) is 9.07. The first-order valence-corrected chi connectivity index (χ1v) is 9.64. The van der Waals surface area contributed by atoms with Gasteiger partial charge >= 0.3 is 5.97 Å². The molecule has 0 aliphatic carbocycles. The number of ether oxygens (including phenoxy) is 1. The molecule has 0 N–H and O–H groups in total. The maximum absolute atomic E-state index is 12.8. The monoisotopic (exact) mass is 341 g/mol. The number of carbonyl (C=O) groups excluding carboxylic acids is 1. The Bertz CT molecular complexity index is 777. The predicted octanol–water partition coefficient (Wildman–Crippen LogP) is 5.83. The molecule has 0 spiro atoms. The average molecular weight is 341 g/mol. The van der Waals surface area contributed by atoms with Gasteiger partial charge in [0.1, 0.15) is 5.60 Å². The van der Waals surface area contributed by atoms with E-state index in [9.17, 15) is 4.79 Å². The Labute approximate surface area is 145 Å². The van der Waals surface area contributed by atoms with E-state index >= 15 is 0 Å². The molecule has 1 aromatic carbocycles. The summed E-state index contributed by atoms with van der Waals surface area (Å²) in [6, 6.07) is 12.4. The summed E-state index contributed by atoms with van der Waals surface area (Å²) in [6.07, 6.45) is 1.13. The molecule has 0 saturated heterocycles. The summed E-state index contributed by atoms with van der Waals surface area (Å²) in [7, 11) is -0.863. The van der Waals surface area contributed by atoms with Crippen molar-refractivity contribution in [2.75, 3.05) is 0 Å². The number of esters is 1. The largest absolute Gasteiger partial charge is 0.456 e. The van der Waals surface area contributed by atoms with Crippen molar-refractivity contribution in [2.45, 2.75) is 52.8 Å². The molecule has 1 heterocycles. The van der Waals surface area contributed by atoms with Gasteiger partial charge in [-0.15, -0.1) is 7.53 Å². The number of nitriles is 1. The van der Waals surface area contributed by atoms with Crippen LogP contribution in [0.15, 0.2) is 30.3 Å². The molecule has 3 nitrogen and oxygen atoms in total. The SMILES string of the molecule is Cc1c(C)c(-c2ccccc2)p(CCC#N)c1C(=O)OC(C)(C)C. The molecule has 0 aliphatic rings. The highest BCUT2D eigenvalue weighted by Crippen LogP contribution is 2.52. The first kappa shape index (κ1) is 18.3. The molecule has 1 aromatic heterocycles. The Kier molecular flexibility index (Phi) is 5.52. The van der Waals surface area contributed by atoms with Crippen LogP contribution < -0.4 is 0 Å². The van der Waals surface area contributed by atoms with E-state index in [1.165, 1.54) is 5.30 Å². The highest BCUT2D eigenvalue weighted by molar-refractivity contribution is 7.54. The highest BCUT2D eigenvalue weighted by atomic mass is 31.1. The molecule has 1 atom stereocenters. The summed E-state index contributed by atoms with van der Waals surface area (Å²) in [5, 5.41) is 11.0. The zero-order valence-corrected chi connectivity index (χ0v) is 15.9. The molecular weight excluding hydrogens is 317 g/mol. The molecule has 0 radical (unpaired) electrons. The van der Waals surface area contributed by atoms with E-state index in [0.29, 0.717) is 12.6 Å². The van der Waals surface area contributed by atoms with Crippen molar-refractivity contribution in [3.8, 4) is 16.9 Å². The third kappa shape index (κ3) is 3.89. The van der Waals surface area contributed by atoms with Crippen LogP contribution in [0.1, 0.15) is 48.4 Å². The number of rotatable bonds is 4. The topological polar surface area (TPSA) is 50.1 Å². The van der Waals surface area contributed by atoms with Crippen molar-refractivity contribution in [2.24, 2.45) is 0 Å². The number of hydrogen-bond acceptors (Lipinski definition) is 3. The van der Waals surface area contributed by atoms with Gasteiger partial charge in [0.05, 0.1) is 11.4 Å². The van der Waals surface area contributed by atoms with Gasteiger partial charge in [-0.1, -0.05) is 30.3 Å². The van der Waals surface area contributed by atoms with Crippen molar-refractivity contribution >= 4 is 13.5 Å². The van der Waals surface area contributed by atoms with Crippen LogP contribution in [-0.2, 0) is 10.9 Å². The van der Waals surface area contributed by atoms with Gasteiger partial charge in [-0.2, -0.15) is 5.26 Å². The van der Waals surface area contributed by atoms with E-state index in [2.05, 4.69) is 25.1 Å². The fourth-order valence-electron chi connectivity index (χ4n) is 2.82. The summed E-state index contributed by atoms with van der Waals surface area (Å²) in [6.45, 7) is 9.70. The van der Waals surface area contributed by atoms with Crippen LogP contribution in [0.4, 0.5) is 0 Å². The molecule has 4 heteroatoms. The molecule has 0 aliphatic heterocycles. The van der Waals surface area contributed by atoms with Crippen LogP contribution in [0.25, 0.3) is 10.9 Å². The minimum atomic E-state index is -0.863. The van der Waals surface area contributed by atoms with E-state index in [1.54, 1.807) is 0 Å². The number of carbonyl (C=O) groups is 1. The third-order valence-electron chi connectivity index (χ3n) is 3.90. The van der Waals surface area contributed by atoms with Crippen LogP contribution in [-0.4, -0.2) is 11.6 Å². The van der Waals surface area contributed by atoms with Gasteiger partial charge in [0.25, 0.3) is 0 Å². The van der Waals surface area contributed by atoms with Crippen LogP contribution in [0, 0.1) is 25.2 Å². The van der Waals surface area contributed by atoms with Crippen LogP contribution >= 0.6 is 7.53 Å². The smallest absolute Gasteiger partial charge is 0.342 e. The van der Waals surface area contributed by atoms with E-state index in [1.807, 2.05) is 45.9 Å². The molecule has 0 amide bonds. The fourth-order valence-corrected chi connectivity index (χ4v) is 5.68. The number of nitrogens with zero attached hydrogens (tertiary/aromatic N) is 1. The number of benzene rings is 1. The lowest BCUT2D eigenvalue weighted by molar-refractivity contribution is 0.00743. The molecular formula is C20H24NO2P. The summed E-state index contributed by atoms with van der Waals surface area (Å²) in [5.41, 5.74) is 2.76. The highest BCUT2D eigenvalue weighted by Gasteiger charge is 2.27. The molecule has 2 aromatic rings. The van der Waals surface area contributed by atoms with Gasteiger partial charge in [-0.05, 0) is 51.3 Å². The Hall–Kier alpha value is -2.04. The second kappa shape index (κ2) is 7.24. The van der Waals surface area contributed by atoms with E-state index in [-0.39, 0.29) is 5.97 Å². The number of hydrogen-bond donors (Lipinski definition) is 0. The average Bonchev–Trinajstić information content (AvgIpc) is 2.76. The first-order chi connectivity index (χ1) is 11.3. The van der Waals surface area contributed by atoms with Gasteiger partial charge in [-0.3, -0.25) is 0 Å². The lowest BCUT2D eigenvalue weighted by Gasteiger charge is -2.20. The maximum atomic E-state index is 12.8. The molecule has 24 heavy (non-hydrogen) atoms. The summed E-state index contributed by atoms with van der Waals surface area (Å²) in [4.78, 5) is 12.8. The fraction of sp³-hybridized carbons (Fsp3) is 0.400. The van der Waals surface area contributed by atoms with Gasteiger partial charge < -0.3 is 4.74 Å². The normalized spacial score (nSPS) is 11.9. The summed E-state index contributed by atoms with van der Waals surface area (Å²) < 4.78 is 5.64. The van der Waals surface area contributed by atoms with E-state index < -0.39 is 13.1 Å². The predicted molar refractivity (Wildman–Crippen MR) is 99.5 cm³/mol. The Morgan fingerprint density at radius 1 is 1.17 bits per heavy atom. The van der Waals surface area contributed by atoms with Gasteiger partial charge in [0.15, 0.2) is 0 Å². The van der Waals surface area contributed by atoms with Gasteiger partial charge in [-0.25, -0.2) is 4.79 Å². The minimum absolute atomic E-state index is 0.241. The summed E-state index contributed by atoms with van der Waals surface area (Å²) in [5.74, 6) is -0.241. The Morgan fingerprint density at radius 2 is 1.79 bits per heavy atom. The van der Waals surface area contributed by atoms with E-state index in [0.717, 1.165) is 22.0 Å². The summed E-state index contributed by atoms with van der Waals surface area (Å²) >= 11 is 0. The van der Waals surface area contributed by atoms with Crippen molar-refractivity contribution < 1.29 is 9.53 Å². The van der Waals surface area contributed by atoms with Gasteiger partial charge in [0, 0.05) is 17.9 Å². The van der Waals surface area contributed by atoms with Crippen molar-refractivity contribution in [1.29, 1.82) is 5.26 Å². The second-order valence-electron chi connectivity index (χ2n) is 6.87. The molecule has 2 rings (SSSR count). The Balaban J connectivity index is 2.63. The van der Waals surface area contributed by atoms with Crippen LogP contribution in [0.3, 0.4) is 0 Å². The maximum Gasteiger partial charge on any atom is 0.342 e. The molecule has 1 unspecified atom stereocenters. The molecule has 0 bridgehead atoms. The lowest BCUT2D eigenvalue weighted by Crippen LogP contribution is -2.23. The zero-order valence-electron chi connectivity index (χ0n) is 15.0. The third-order valence-corrected chi connectivity index (χ3v) is 6.76. The van der Waals surface area contributed by atoms with Crippen molar-refractivity contribution in [1.82, 2.24) is 0 Å². The van der Waals surface area contributed by atoms with Crippen LogP contribution in [0.2, 0.25) is 0 Å². The quantitative estimate of drug-likeness (QED) is 0.658. The lowest BCUT2D eigenvalue weighted by atomic mass is 10.1. The van der Waals surface area contributed by atoms with Crippen molar-refractivity contribution in [3.63, 3.8) is 0 Å². The molecule has 0 fully saturated rings. The van der Waals surface area contributed by atoms with Crippen LogP contribution in [0.5, 0.6) is 0 Å². The standard InChI is InChI=1S/C20H24NO2P/c1-14-15(2)18(19(22)23-20(3,4)5)24(13-9-12-21)17(14)16-10-7-6-8-11-16/h6-8,10-11H,9,13H2,1-5H3. The van der Waals surface area contributed by atoms with Gasteiger partial charge in [0.2, 0.25) is 0 Å². The van der Waals surface area contributed by atoms with E-state index in [4.69, 9.17) is 10.00 Å². The molecule has 126 valence electrons. The Morgan fingerprint density at radius 3 is 2.33 bits per heavy atom. The zero-order chi connectivity index (χ0) is 17.9.